The fourth-order valence-corrected chi connectivity index (χ4v) is 2.60. The van der Waals surface area contributed by atoms with Gasteiger partial charge in [-0.15, -0.1) is 0 Å². The monoisotopic (exact) mass is 356 g/mol. The van der Waals surface area contributed by atoms with Gasteiger partial charge in [0.1, 0.15) is 5.75 Å². The van der Waals surface area contributed by atoms with Gasteiger partial charge in [-0.2, -0.15) is 0 Å². The highest BCUT2D eigenvalue weighted by Gasteiger charge is 2.14. The number of methoxy groups -OCH3 is 2. The Hall–Kier alpha value is -2.86. The summed E-state index contributed by atoms with van der Waals surface area (Å²) in [4.78, 5) is 24.7. The minimum absolute atomic E-state index is 0.172. The lowest BCUT2D eigenvalue weighted by Crippen LogP contribution is -2.28. The van der Waals surface area contributed by atoms with Crippen LogP contribution in [0, 0.1) is 6.92 Å². The summed E-state index contributed by atoms with van der Waals surface area (Å²) >= 11 is 0. The summed E-state index contributed by atoms with van der Waals surface area (Å²) in [5.74, 6) is 0.306. The standard InChI is InChI=1S/C20H24N2O4/c1-14-16(20(24)21-11-12-25-2)8-6-9-17(14)22-19(23)13-15-7-4-5-10-18(15)26-3/h4-10H,11-13H2,1-3H3,(H,21,24)(H,22,23). The van der Waals surface area contributed by atoms with Gasteiger partial charge >= 0.3 is 0 Å². The number of hydrogen-bond donors (Lipinski definition) is 2. The Balaban J connectivity index is 2.08. The van der Waals surface area contributed by atoms with Crippen LogP contribution in [-0.2, 0) is 16.0 Å². The first-order chi connectivity index (χ1) is 12.6. The van der Waals surface area contributed by atoms with Crippen molar-refractivity contribution >= 4 is 17.5 Å². The van der Waals surface area contributed by atoms with Crippen LogP contribution in [0.3, 0.4) is 0 Å². The van der Waals surface area contributed by atoms with Crippen molar-refractivity contribution in [1.29, 1.82) is 0 Å². The second-order valence-corrected chi connectivity index (χ2v) is 5.76. The van der Waals surface area contributed by atoms with E-state index in [9.17, 15) is 9.59 Å². The van der Waals surface area contributed by atoms with Crippen molar-refractivity contribution in [2.45, 2.75) is 13.3 Å². The maximum Gasteiger partial charge on any atom is 0.251 e. The molecule has 0 aromatic heterocycles. The zero-order chi connectivity index (χ0) is 18.9. The molecule has 2 aromatic carbocycles. The van der Waals surface area contributed by atoms with Crippen molar-refractivity contribution in [1.82, 2.24) is 5.32 Å². The van der Waals surface area contributed by atoms with Gasteiger partial charge in [-0.1, -0.05) is 24.3 Å². The average molecular weight is 356 g/mol. The van der Waals surface area contributed by atoms with Crippen LogP contribution in [0.25, 0.3) is 0 Å². The molecule has 2 amide bonds. The lowest BCUT2D eigenvalue weighted by Gasteiger charge is -2.13. The second kappa shape index (κ2) is 9.58. The number of carbonyl (C=O) groups is 2. The van der Waals surface area contributed by atoms with Crippen LogP contribution in [0.5, 0.6) is 5.75 Å². The van der Waals surface area contributed by atoms with Crippen molar-refractivity contribution in [2.75, 3.05) is 32.7 Å². The first-order valence-corrected chi connectivity index (χ1v) is 8.35. The normalized spacial score (nSPS) is 10.3. The summed E-state index contributed by atoms with van der Waals surface area (Å²) in [6.07, 6.45) is 0.188. The molecule has 0 bridgehead atoms. The molecule has 0 saturated carbocycles. The number of anilines is 1. The maximum absolute atomic E-state index is 12.4. The van der Waals surface area contributed by atoms with Crippen LogP contribution >= 0.6 is 0 Å². The van der Waals surface area contributed by atoms with E-state index in [1.807, 2.05) is 31.2 Å². The molecule has 2 rings (SSSR count). The number of carbonyl (C=O) groups excluding carboxylic acids is 2. The molecule has 2 N–H and O–H groups in total. The van der Waals surface area contributed by atoms with Crippen molar-refractivity contribution in [3.05, 3.63) is 59.2 Å². The van der Waals surface area contributed by atoms with Crippen LogP contribution in [0.1, 0.15) is 21.5 Å². The van der Waals surface area contributed by atoms with Gasteiger partial charge in [-0.3, -0.25) is 9.59 Å². The number of nitrogens with one attached hydrogen (secondary N) is 2. The minimum Gasteiger partial charge on any atom is -0.496 e. The van der Waals surface area contributed by atoms with Crippen LogP contribution in [0.15, 0.2) is 42.5 Å². The van der Waals surface area contributed by atoms with Gasteiger partial charge in [0.05, 0.1) is 20.1 Å². The minimum atomic E-state index is -0.194. The van der Waals surface area contributed by atoms with Gasteiger partial charge in [0, 0.05) is 30.5 Å². The predicted molar refractivity (Wildman–Crippen MR) is 101 cm³/mol. The zero-order valence-corrected chi connectivity index (χ0v) is 15.3. The number of hydrogen-bond acceptors (Lipinski definition) is 4. The maximum atomic E-state index is 12.4. The predicted octanol–water partition coefficient (Wildman–Crippen LogP) is 2.56. The molecule has 26 heavy (non-hydrogen) atoms. The first kappa shape index (κ1) is 19.5. The molecule has 0 aliphatic carbocycles. The van der Waals surface area contributed by atoms with Crippen molar-refractivity contribution in [2.24, 2.45) is 0 Å². The Labute approximate surface area is 153 Å². The Morgan fingerprint density at radius 1 is 1.04 bits per heavy atom. The summed E-state index contributed by atoms with van der Waals surface area (Å²) in [5.41, 5.74) is 2.66. The highest BCUT2D eigenvalue weighted by atomic mass is 16.5. The largest absolute Gasteiger partial charge is 0.496 e. The van der Waals surface area contributed by atoms with Crippen LogP contribution in [0.2, 0.25) is 0 Å². The molecule has 0 saturated heterocycles. The Bertz CT molecular complexity index is 774. The van der Waals surface area contributed by atoms with Gasteiger partial charge in [0.2, 0.25) is 5.91 Å². The molecule has 0 radical (unpaired) electrons. The molecule has 0 spiro atoms. The molecule has 2 aromatic rings. The Morgan fingerprint density at radius 3 is 2.54 bits per heavy atom. The van der Waals surface area contributed by atoms with Crippen LogP contribution < -0.4 is 15.4 Å². The molecule has 0 atom stereocenters. The quantitative estimate of drug-likeness (QED) is 0.713. The number of para-hydroxylation sites is 1. The molecular formula is C20H24N2O4. The molecule has 0 unspecified atom stereocenters. The van der Waals surface area contributed by atoms with Crippen LogP contribution in [-0.4, -0.2) is 39.2 Å². The number of ether oxygens (including phenoxy) is 2. The Kier molecular flexibility index (Phi) is 7.17. The molecule has 6 heteroatoms. The topological polar surface area (TPSA) is 76.7 Å². The Morgan fingerprint density at radius 2 is 1.81 bits per heavy atom. The highest BCUT2D eigenvalue weighted by Crippen LogP contribution is 2.21. The van der Waals surface area contributed by atoms with Gasteiger partial charge in [0.25, 0.3) is 5.91 Å². The fourth-order valence-electron chi connectivity index (χ4n) is 2.60. The van der Waals surface area contributed by atoms with E-state index in [0.29, 0.717) is 30.2 Å². The van der Waals surface area contributed by atoms with E-state index < -0.39 is 0 Å². The van der Waals surface area contributed by atoms with Crippen molar-refractivity contribution in [3.63, 3.8) is 0 Å². The fraction of sp³-hybridized carbons (Fsp3) is 0.300. The number of benzene rings is 2. The highest BCUT2D eigenvalue weighted by molar-refractivity contribution is 5.99. The molecule has 0 aliphatic heterocycles. The van der Waals surface area contributed by atoms with Crippen molar-refractivity contribution < 1.29 is 19.1 Å². The van der Waals surface area contributed by atoms with E-state index in [1.54, 1.807) is 32.4 Å². The summed E-state index contributed by atoms with van der Waals surface area (Å²) in [6, 6.07) is 12.6. The average Bonchev–Trinajstić information content (AvgIpc) is 2.64. The van der Waals surface area contributed by atoms with E-state index >= 15 is 0 Å². The summed E-state index contributed by atoms with van der Waals surface area (Å²) < 4.78 is 10.2. The van der Waals surface area contributed by atoms with Gasteiger partial charge in [0.15, 0.2) is 0 Å². The van der Waals surface area contributed by atoms with E-state index in [-0.39, 0.29) is 18.2 Å². The zero-order valence-electron chi connectivity index (χ0n) is 15.3. The molecule has 0 fully saturated rings. The summed E-state index contributed by atoms with van der Waals surface area (Å²) in [7, 11) is 3.15. The smallest absolute Gasteiger partial charge is 0.251 e. The van der Waals surface area contributed by atoms with E-state index in [0.717, 1.165) is 11.1 Å². The van der Waals surface area contributed by atoms with E-state index in [2.05, 4.69) is 10.6 Å². The summed E-state index contributed by atoms with van der Waals surface area (Å²) in [6.45, 7) is 2.68. The third-order valence-electron chi connectivity index (χ3n) is 3.99. The summed E-state index contributed by atoms with van der Waals surface area (Å²) in [5, 5.41) is 5.66. The number of amides is 2. The first-order valence-electron chi connectivity index (χ1n) is 8.35. The number of rotatable bonds is 8. The molecular weight excluding hydrogens is 332 g/mol. The van der Waals surface area contributed by atoms with Crippen molar-refractivity contribution in [3.8, 4) is 5.75 Å². The van der Waals surface area contributed by atoms with E-state index in [1.165, 1.54) is 0 Å². The third kappa shape index (κ3) is 5.07. The third-order valence-corrected chi connectivity index (χ3v) is 3.99. The van der Waals surface area contributed by atoms with Gasteiger partial charge in [-0.05, 0) is 30.7 Å². The van der Waals surface area contributed by atoms with E-state index in [4.69, 9.17) is 9.47 Å². The van der Waals surface area contributed by atoms with Crippen LogP contribution in [0.4, 0.5) is 5.69 Å². The lowest BCUT2D eigenvalue weighted by atomic mass is 10.1. The SMILES string of the molecule is COCCNC(=O)c1cccc(NC(=O)Cc2ccccc2OC)c1C. The molecule has 138 valence electrons. The lowest BCUT2D eigenvalue weighted by molar-refractivity contribution is -0.115. The van der Waals surface area contributed by atoms with Gasteiger partial charge < -0.3 is 20.1 Å². The second-order valence-electron chi connectivity index (χ2n) is 5.76. The molecule has 0 heterocycles. The molecule has 6 nitrogen and oxygen atoms in total. The van der Waals surface area contributed by atoms with Gasteiger partial charge in [-0.25, -0.2) is 0 Å². The molecule has 0 aliphatic rings.